The van der Waals surface area contributed by atoms with Crippen LogP contribution in [0.25, 0.3) is 0 Å². The molecule has 27 nitrogen and oxygen atoms in total. The van der Waals surface area contributed by atoms with E-state index in [1.165, 1.54) is 70.6 Å². The van der Waals surface area contributed by atoms with Gasteiger partial charge in [-0.25, -0.2) is 65.3 Å². The Morgan fingerprint density at radius 3 is 0.852 bits per heavy atom. The molecule has 0 aliphatic heterocycles. The maximum absolute atomic E-state index is 11.1. The lowest BCUT2D eigenvalue weighted by atomic mass is 10.2. The molecule has 0 saturated heterocycles. The SMILES string of the molecule is CC(=O)N(C)C.CC(N)=O.CCCCN(CCCC)C(C)=O.CCCCNS(C)(=O)=O.CCCN(CCC)S(C)(=O)=O.CCCNC(C)=O.CCN(CC)C(C)=O.CCNC(C)=O.CN(C)S(C)(=O)=O.CNS(C)(=O)=O.CS(N)(=O)=O. The molecule has 32 heteroatoms. The smallest absolute Gasteiger partial charge is 0.219 e. The van der Waals surface area contributed by atoms with Crippen LogP contribution in [0.2, 0.25) is 0 Å². The van der Waals surface area contributed by atoms with E-state index in [0.717, 1.165) is 120 Å². The van der Waals surface area contributed by atoms with Gasteiger partial charge in [-0.15, -0.1) is 0 Å². The van der Waals surface area contributed by atoms with Crippen LogP contribution in [0.5, 0.6) is 0 Å². The first kappa shape index (κ1) is 102. The highest BCUT2D eigenvalue weighted by atomic mass is 32.2. The monoisotopic (exact) mass is 1280 g/mol. The zero-order valence-corrected chi connectivity index (χ0v) is 58.8. The summed E-state index contributed by atoms with van der Waals surface area (Å²) in [4.78, 5) is 66.2. The van der Waals surface area contributed by atoms with Crippen LogP contribution >= 0.6 is 0 Å². The van der Waals surface area contributed by atoms with Gasteiger partial charge in [0.05, 0.1) is 31.3 Å². The van der Waals surface area contributed by atoms with Crippen LogP contribution < -0.4 is 31.0 Å². The van der Waals surface area contributed by atoms with Crippen LogP contribution in [0, 0.1) is 0 Å². The van der Waals surface area contributed by atoms with Crippen LogP contribution in [0.3, 0.4) is 0 Å². The summed E-state index contributed by atoms with van der Waals surface area (Å²) in [5.74, 6) is 0.237. The molecule has 0 aliphatic carbocycles. The lowest BCUT2D eigenvalue weighted by Crippen LogP contribution is -2.31. The Bertz CT molecular complexity index is 2070. The average molecular weight is 1280 g/mol. The van der Waals surface area contributed by atoms with Crippen molar-refractivity contribution in [3.63, 3.8) is 0 Å². The minimum absolute atomic E-state index is 0.0394. The minimum Gasteiger partial charge on any atom is -0.370 e. The molecular weight excluding hydrogens is 1160 g/mol. The second-order valence-corrected chi connectivity index (χ2v) is 27.2. The molecule has 0 bridgehead atoms. The minimum atomic E-state index is -3.17. The maximum atomic E-state index is 11.1. The Morgan fingerprint density at radius 2 is 0.741 bits per heavy atom. The quantitative estimate of drug-likeness (QED) is 0.0848. The van der Waals surface area contributed by atoms with Gasteiger partial charge in [-0.1, -0.05) is 60.8 Å². The first-order valence-corrected chi connectivity index (χ1v) is 35.9. The van der Waals surface area contributed by atoms with Crippen molar-refractivity contribution in [2.45, 2.75) is 162 Å². The summed E-state index contributed by atoms with van der Waals surface area (Å²) in [6.07, 6.45) is 14.9. The molecule has 81 heavy (non-hydrogen) atoms. The fourth-order valence-corrected chi connectivity index (χ4v) is 5.26. The Morgan fingerprint density at radius 1 is 0.444 bits per heavy atom. The van der Waals surface area contributed by atoms with E-state index in [1.54, 1.807) is 32.8 Å². The molecule has 0 fully saturated rings. The number of hydrogen-bond donors (Lipinski definition) is 6. The predicted molar refractivity (Wildman–Crippen MR) is 334 cm³/mol. The number of nitrogens with one attached hydrogen (secondary N) is 4. The van der Waals surface area contributed by atoms with Gasteiger partial charge >= 0.3 is 0 Å². The van der Waals surface area contributed by atoms with Crippen molar-refractivity contribution in [3.8, 4) is 0 Å². The van der Waals surface area contributed by atoms with Gasteiger partial charge in [0.15, 0.2) is 0 Å². The van der Waals surface area contributed by atoms with E-state index in [2.05, 4.69) is 44.8 Å². The Balaban J connectivity index is -0.0000000749. The van der Waals surface area contributed by atoms with Gasteiger partial charge < -0.3 is 31.1 Å². The van der Waals surface area contributed by atoms with Gasteiger partial charge in [0, 0.05) is 129 Å². The Hall–Kier alpha value is -3.63. The summed E-state index contributed by atoms with van der Waals surface area (Å²) < 4.78 is 109. The third-order valence-corrected chi connectivity index (χ3v) is 12.3. The molecule has 0 aromatic carbocycles. The molecule has 0 radical (unpaired) electrons. The van der Waals surface area contributed by atoms with Crippen LogP contribution in [-0.2, 0) is 78.9 Å². The van der Waals surface area contributed by atoms with Crippen LogP contribution in [-0.4, -0.2) is 226 Å². The summed E-state index contributed by atoms with van der Waals surface area (Å²) in [7, 11) is -7.08. The third kappa shape index (κ3) is 143. The van der Waals surface area contributed by atoms with Crippen molar-refractivity contribution in [2.24, 2.45) is 10.9 Å². The summed E-state index contributed by atoms with van der Waals surface area (Å²) in [6, 6.07) is 0. The number of amides is 6. The highest BCUT2D eigenvalue weighted by Gasteiger charge is 2.13. The van der Waals surface area contributed by atoms with E-state index < -0.39 is 50.1 Å². The summed E-state index contributed by atoms with van der Waals surface area (Å²) in [6.45, 7) is 34.2. The fraction of sp³-hybridized carbons (Fsp3) is 0.878. The lowest BCUT2D eigenvalue weighted by molar-refractivity contribution is -0.129. The molecule has 0 unspecified atom stereocenters. The Kier molecular flexibility index (Phi) is 82.9. The summed E-state index contributed by atoms with van der Waals surface area (Å²) >= 11 is 0. The number of sulfonamides is 5. The molecule has 0 aromatic rings. The first-order chi connectivity index (χ1) is 36.4. The first-order valence-electron chi connectivity index (χ1n) is 26.5. The number of nitrogens with zero attached hydrogens (tertiary/aromatic N) is 5. The van der Waals surface area contributed by atoms with E-state index in [9.17, 15) is 70.9 Å². The molecule has 0 rings (SSSR count). The zero-order valence-electron chi connectivity index (χ0n) is 54.7. The van der Waals surface area contributed by atoms with Gasteiger partial charge in [0.25, 0.3) is 0 Å². The van der Waals surface area contributed by atoms with E-state index >= 15 is 0 Å². The molecule has 0 saturated carbocycles. The fourth-order valence-electron chi connectivity index (χ4n) is 3.72. The third-order valence-electron chi connectivity index (χ3n) is 8.24. The number of primary sulfonamides is 1. The average Bonchev–Trinajstić information content (AvgIpc) is 3.28. The number of carbonyl (C=O) groups is 6. The van der Waals surface area contributed by atoms with Gasteiger partial charge in [-0.05, 0) is 66.3 Å². The van der Waals surface area contributed by atoms with Crippen molar-refractivity contribution in [3.05, 3.63) is 0 Å². The molecule has 0 spiro atoms. The van der Waals surface area contributed by atoms with Crippen LogP contribution in [0.15, 0.2) is 0 Å². The van der Waals surface area contributed by atoms with Crippen molar-refractivity contribution >= 4 is 85.6 Å². The Labute approximate surface area is 495 Å². The molecule has 0 aliphatic rings. The van der Waals surface area contributed by atoms with E-state index in [-0.39, 0.29) is 35.4 Å². The standard InChI is InChI=1S/C10H21NO.C7H17NO2S.C6H13NO.C5H13NO2S.C5H11NO.2C4H9NO.C3H9NO2S.C2H7NO2S.C2H5NO.CH5NO2S/c1-4-6-8-11(10(3)12)9-7-5-2;1-4-6-8(7-5-2)11(3,9)10;1-4-7(5-2)6(3)8;1-3-4-5-6-9(2,7)8;1-3-4-6-5(2)7;1-4(6)5(2)3;1-3-5-4(2)6;1-4(2)7(3,5)6;1-3-6(2,4)5;1-2(3)4;1-5(2,3)4/h4-9H2,1-3H3;4-7H2,1-3H3;4-5H2,1-3H3;6H,3-5H2,1-2H3;3-4H2,1-2H3,(H,6,7);1-3H3;3H2,1-2H3,(H,5,6);1-3H3;3H,1-2H3;1H3,(H2,3,4);1H3,(H2,2,3,4). The second kappa shape index (κ2) is 65.5. The van der Waals surface area contributed by atoms with Crippen molar-refractivity contribution in [2.75, 3.05) is 125 Å². The topological polar surface area (TPSA) is 389 Å². The highest BCUT2D eigenvalue weighted by Crippen LogP contribution is 2.01. The van der Waals surface area contributed by atoms with Gasteiger partial charge in [-0.2, -0.15) is 0 Å². The van der Waals surface area contributed by atoms with Gasteiger partial charge in [-0.3, -0.25) is 28.8 Å². The van der Waals surface area contributed by atoms with Gasteiger partial charge in [0.1, 0.15) is 0 Å². The van der Waals surface area contributed by atoms with Gasteiger partial charge in [0.2, 0.25) is 85.6 Å². The van der Waals surface area contributed by atoms with Crippen molar-refractivity contribution < 1.29 is 70.9 Å². The van der Waals surface area contributed by atoms with Crippen LogP contribution in [0.1, 0.15) is 162 Å². The number of nitrogens with two attached hydrogens (primary N) is 2. The van der Waals surface area contributed by atoms with E-state index in [4.69, 9.17) is 0 Å². The van der Waals surface area contributed by atoms with E-state index in [1.807, 2.05) is 53.4 Å². The molecule has 0 atom stereocenters. The normalized spacial score (nSPS) is 10.2. The number of unbranched alkanes of at least 4 members (excludes halogenated alkanes) is 3. The van der Waals surface area contributed by atoms with Crippen LogP contribution in [0.4, 0.5) is 0 Å². The van der Waals surface area contributed by atoms with Crippen molar-refractivity contribution in [1.29, 1.82) is 0 Å². The summed E-state index contributed by atoms with van der Waals surface area (Å²) in [5.41, 5.74) is 4.47. The number of hydrogen-bond acceptors (Lipinski definition) is 16. The van der Waals surface area contributed by atoms with E-state index in [0.29, 0.717) is 19.6 Å². The molecular formula is C49H119N11O16S5. The second-order valence-electron chi connectivity index (χ2n) is 17.5. The molecule has 8 N–H and O–H groups in total. The number of primary amides is 1. The largest absolute Gasteiger partial charge is 0.370 e. The lowest BCUT2D eigenvalue weighted by Gasteiger charge is -2.20. The highest BCUT2D eigenvalue weighted by molar-refractivity contribution is 7.89. The van der Waals surface area contributed by atoms with Crippen molar-refractivity contribution in [1.82, 2.24) is 43.4 Å². The maximum Gasteiger partial charge on any atom is 0.219 e. The molecule has 6 amide bonds. The summed E-state index contributed by atoms with van der Waals surface area (Å²) in [5, 5.41) is 9.55. The molecule has 0 heterocycles. The molecule has 0 aromatic heterocycles. The zero-order chi connectivity index (χ0) is 67.4. The number of rotatable bonds is 22. The molecule has 496 valence electrons. The number of carbonyl (C=O) groups excluding carboxylic acids is 6. The predicted octanol–water partition coefficient (Wildman–Crippen LogP) is 2.55.